The van der Waals surface area contributed by atoms with E-state index in [1.165, 1.54) is 12.1 Å². The molecule has 0 fully saturated rings. The smallest absolute Gasteiger partial charge is 0.271 e. The Balaban J connectivity index is 3.20. The normalized spacial score (nSPS) is 12.4. The molecule has 0 saturated heterocycles. The fourth-order valence-corrected chi connectivity index (χ4v) is 3.06. The van der Waals surface area contributed by atoms with Gasteiger partial charge in [0, 0.05) is 4.47 Å². The van der Waals surface area contributed by atoms with Crippen molar-refractivity contribution in [3.8, 4) is 0 Å². The summed E-state index contributed by atoms with van der Waals surface area (Å²) in [6.45, 7) is 0. The van der Waals surface area contributed by atoms with Crippen molar-refractivity contribution in [3.63, 3.8) is 0 Å². The van der Waals surface area contributed by atoms with E-state index in [1.54, 1.807) is 0 Å². The highest BCUT2D eigenvalue weighted by molar-refractivity contribution is 9.10. The monoisotopic (exact) mass is 329 g/mol. The maximum Gasteiger partial charge on any atom is 0.296 e. The van der Waals surface area contributed by atoms with Gasteiger partial charge < -0.3 is 0 Å². The maximum absolute atomic E-state index is 11.0. The predicted molar refractivity (Wildman–Crippen MR) is 62.2 cm³/mol. The number of rotatable bonds is 3. The van der Waals surface area contributed by atoms with Crippen molar-refractivity contribution < 1.29 is 16.8 Å². The molecule has 0 spiro atoms. The molecule has 0 aliphatic carbocycles. The van der Waals surface area contributed by atoms with E-state index in [9.17, 15) is 16.8 Å². The highest BCUT2D eigenvalue weighted by Gasteiger charge is 2.13. The van der Waals surface area contributed by atoms with Gasteiger partial charge in [0.05, 0.1) is 10.6 Å². The van der Waals surface area contributed by atoms with Gasteiger partial charge in [-0.1, -0.05) is 0 Å². The molecule has 10 heteroatoms. The fourth-order valence-electron chi connectivity index (χ4n) is 0.959. The minimum atomic E-state index is -3.89. The molecule has 0 aliphatic heterocycles. The Kier molecular flexibility index (Phi) is 3.59. The third-order valence-corrected chi connectivity index (χ3v) is 3.91. The first kappa shape index (κ1) is 13.4. The van der Waals surface area contributed by atoms with Crippen molar-refractivity contribution >= 4 is 41.8 Å². The number of hydrogen-bond acceptors (Lipinski definition) is 4. The first-order valence-electron chi connectivity index (χ1n) is 3.72. The van der Waals surface area contributed by atoms with E-state index in [0.29, 0.717) is 0 Å². The molecule has 1 aromatic carbocycles. The summed E-state index contributed by atoms with van der Waals surface area (Å²) in [5.74, 6) is 0. The predicted octanol–water partition coefficient (Wildman–Crippen LogP) is -0.288. The topological polar surface area (TPSA) is 132 Å². The molecule has 0 bridgehead atoms. The Morgan fingerprint density at radius 3 is 2.06 bits per heavy atom. The molecular weight excluding hydrogens is 322 g/mol. The lowest BCUT2D eigenvalue weighted by molar-refractivity contribution is 0.597. The van der Waals surface area contributed by atoms with Gasteiger partial charge in [0.1, 0.15) is 0 Å². The second kappa shape index (κ2) is 4.30. The highest BCUT2D eigenvalue weighted by Crippen LogP contribution is 2.24. The van der Waals surface area contributed by atoms with E-state index in [-0.39, 0.29) is 15.1 Å². The zero-order valence-corrected chi connectivity index (χ0v) is 10.9. The van der Waals surface area contributed by atoms with Crippen LogP contribution in [0.2, 0.25) is 0 Å². The second-order valence-electron chi connectivity index (χ2n) is 2.84. The zero-order chi connectivity index (χ0) is 12.6. The molecular formula is C6H8BrN3O4S2. The lowest BCUT2D eigenvalue weighted by Crippen LogP contribution is -2.21. The Morgan fingerprint density at radius 1 is 1.12 bits per heavy atom. The van der Waals surface area contributed by atoms with Crippen LogP contribution in [-0.2, 0) is 20.2 Å². The Hall–Kier alpha value is -0.680. The Morgan fingerprint density at radius 2 is 1.69 bits per heavy atom. The number of halogens is 1. The van der Waals surface area contributed by atoms with Crippen molar-refractivity contribution in [1.29, 1.82) is 0 Å². The average molecular weight is 330 g/mol. The van der Waals surface area contributed by atoms with E-state index in [4.69, 9.17) is 10.3 Å². The summed E-state index contributed by atoms with van der Waals surface area (Å²) in [5, 5.41) is 9.66. The molecule has 0 aliphatic rings. The van der Waals surface area contributed by atoms with Gasteiger partial charge in [-0.15, -0.1) is 0 Å². The Bertz CT molecular complexity index is 611. The van der Waals surface area contributed by atoms with Crippen molar-refractivity contribution in [2.45, 2.75) is 4.90 Å². The molecule has 1 aromatic rings. The first-order chi connectivity index (χ1) is 7.09. The standard InChI is InChI=1S/C6H8BrN3O4S2/c7-5-3-4(10-16(9,13)14)1-2-6(5)15(8,11)12/h1-3,10H,(H2,8,11,12)(H2,9,13,14). The molecule has 0 unspecified atom stereocenters. The van der Waals surface area contributed by atoms with E-state index in [0.717, 1.165) is 6.07 Å². The molecule has 90 valence electrons. The van der Waals surface area contributed by atoms with Gasteiger partial charge in [-0.3, -0.25) is 4.72 Å². The number of sulfonamides is 1. The summed E-state index contributed by atoms with van der Waals surface area (Å²) in [7, 11) is -7.74. The van der Waals surface area contributed by atoms with Crippen molar-refractivity contribution in [2.24, 2.45) is 10.3 Å². The van der Waals surface area contributed by atoms with Gasteiger partial charge in [-0.25, -0.2) is 18.7 Å². The fraction of sp³-hybridized carbons (Fsp3) is 0. The lowest BCUT2D eigenvalue weighted by Gasteiger charge is -2.06. The van der Waals surface area contributed by atoms with Gasteiger partial charge >= 0.3 is 0 Å². The van der Waals surface area contributed by atoms with E-state index >= 15 is 0 Å². The van der Waals surface area contributed by atoms with Crippen LogP contribution < -0.4 is 15.0 Å². The van der Waals surface area contributed by atoms with Crippen LogP contribution in [0.5, 0.6) is 0 Å². The molecule has 0 radical (unpaired) electrons. The summed E-state index contributed by atoms with van der Waals surface area (Å²) in [6, 6.07) is 3.63. The van der Waals surface area contributed by atoms with Crippen LogP contribution in [0, 0.1) is 0 Å². The first-order valence-corrected chi connectivity index (χ1v) is 7.61. The van der Waals surface area contributed by atoms with E-state index in [1.807, 2.05) is 4.72 Å². The van der Waals surface area contributed by atoms with Crippen LogP contribution in [0.15, 0.2) is 27.6 Å². The molecule has 0 amide bonds. The van der Waals surface area contributed by atoms with Gasteiger partial charge in [-0.2, -0.15) is 8.42 Å². The summed E-state index contributed by atoms with van der Waals surface area (Å²) >= 11 is 2.96. The molecule has 0 aromatic heterocycles. The number of anilines is 1. The van der Waals surface area contributed by atoms with Crippen molar-refractivity contribution in [1.82, 2.24) is 0 Å². The highest BCUT2D eigenvalue weighted by atomic mass is 79.9. The average Bonchev–Trinajstić information content (AvgIpc) is 1.97. The molecule has 0 atom stereocenters. The van der Waals surface area contributed by atoms with Gasteiger partial charge in [-0.05, 0) is 34.1 Å². The molecule has 1 rings (SSSR count). The number of hydrogen-bond donors (Lipinski definition) is 3. The minimum absolute atomic E-state index is 0.127. The minimum Gasteiger partial charge on any atom is -0.271 e. The Labute approximate surface area is 101 Å². The number of nitrogens with two attached hydrogens (primary N) is 2. The number of benzene rings is 1. The summed E-state index contributed by atoms with van der Waals surface area (Å²) in [5.41, 5.74) is 0.127. The largest absolute Gasteiger partial charge is 0.296 e. The number of nitrogens with one attached hydrogen (secondary N) is 1. The van der Waals surface area contributed by atoms with Crippen LogP contribution in [0.1, 0.15) is 0 Å². The SMILES string of the molecule is NS(=O)(=O)Nc1ccc(S(N)(=O)=O)c(Br)c1. The third-order valence-electron chi connectivity index (χ3n) is 1.50. The third kappa shape index (κ3) is 3.72. The van der Waals surface area contributed by atoms with E-state index < -0.39 is 20.2 Å². The van der Waals surface area contributed by atoms with Crippen LogP contribution in [0.4, 0.5) is 5.69 Å². The molecule has 7 nitrogen and oxygen atoms in total. The molecule has 5 N–H and O–H groups in total. The lowest BCUT2D eigenvalue weighted by atomic mass is 10.3. The van der Waals surface area contributed by atoms with Crippen molar-refractivity contribution in [3.05, 3.63) is 22.7 Å². The molecule has 0 saturated carbocycles. The van der Waals surface area contributed by atoms with Crippen LogP contribution in [0.3, 0.4) is 0 Å². The van der Waals surface area contributed by atoms with Crippen LogP contribution in [-0.4, -0.2) is 16.8 Å². The maximum atomic E-state index is 11.0. The van der Waals surface area contributed by atoms with Crippen LogP contribution >= 0.6 is 15.9 Å². The van der Waals surface area contributed by atoms with Crippen LogP contribution in [0.25, 0.3) is 0 Å². The van der Waals surface area contributed by atoms with Gasteiger partial charge in [0.2, 0.25) is 10.0 Å². The van der Waals surface area contributed by atoms with Crippen molar-refractivity contribution in [2.75, 3.05) is 4.72 Å². The summed E-state index contributed by atoms with van der Waals surface area (Å²) in [4.78, 5) is -0.146. The summed E-state index contributed by atoms with van der Waals surface area (Å²) < 4.78 is 45.6. The van der Waals surface area contributed by atoms with Gasteiger partial charge in [0.15, 0.2) is 0 Å². The molecule has 0 heterocycles. The summed E-state index contributed by atoms with van der Waals surface area (Å²) in [6.07, 6.45) is 0. The zero-order valence-electron chi connectivity index (χ0n) is 7.71. The molecule has 16 heavy (non-hydrogen) atoms. The number of primary sulfonamides is 1. The second-order valence-corrected chi connectivity index (χ2v) is 6.52. The van der Waals surface area contributed by atoms with E-state index in [2.05, 4.69) is 15.9 Å². The van der Waals surface area contributed by atoms with Gasteiger partial charge in [0.25, 0.3) is 10.2 Å². The quantitative estimate of drug-likeness (QED) is 0.702.